The van der Waals surface area contributed by atoms with E-state index in [1.54, 1.807) is 0 Å². The Morgan fingerprint density at radius 1 is 1.39 bits per heavy atom. The summed E-state index contributed by atoms with van der Waals surface area (Å²) in [5.41, 5.74) is -0.197. The quantitative estimate of drug-likeness (QED) is 0.767. The van der Waals surface area contributed by atoms with Crippen LogP contribution in [0.25, 0.3) is 0 Å². The highest BCUT2D eigenvalue weighted by molar-refractivity contribution is 5.69. The molecular weight excluding hydrogens is 237 g/mol. The molecule has 1 amide bonds. The molecule has 0 aliphatic carbocycles. The average molecular weight is 253 g/mol. The van der Waals surface area contributed by atoms with Gasteiger partial charge in [-0.15, -0.1) is 0 Å². The molecule has 0 bridgehead atoms. The molecule has 1 saturated heterocycles. The van der Waals surface area contributed by atoms with E-state index in [0.717, 1.165) is 0 Å². The Bertz CT molecular complexity index is 453. The summed E-state index contributed by atoms with van der Waals surface area (Å²) < 4.78 is 18.6. The Labute approximate surface area is 105 Å². The van der Waals surface area contributed by atoms with Crippen LogP contribution in [-0.4, -0.2) is 39.7 Å². The molecule has 0 saturated carbocycles. The predicted octanol–water partition coefficient (Wildman–Crippen LogP) is 1.95. The third-order valence-corrected chi connectivity index (χ3v) is 2.60. The molecule has 1 aromatic rings. The highest BCUT2D eigenvalue weighted by atomic mass is 19.1. The van der Waals surface area contributed by atoms with Crippen molar-refractivity contribution in [2.45, 2.75) is 32.3 Å². The van der Waals surface area contributed by atoms with Gasteiger partial charge in [0.1, 0.15) is 11.3 Å². The van der Waals surface area contributed by atoms with E-state index in [2.05, 4.69) is 9.97 Å². The number of carbonyl (C=O) groups is 1. The van der Waals surface area contributed by atoms with Crippen molar-refractivity contribution in [1.29, 1.82) is 0 Å². The molecular formula is C12H16FN3O2. The number of halogens is 1. The van der Waals surface area contributed by atoms with Gasteiger partial charge in [-0.2, -0.15) is 4.39 Å². The van der Waals surface area contributed by atoms with Crippen LogP contribution < -0.4 is 0 Å². The molecule has 1 aromatic heterocycles. The van der Waals surface area contributed by atoms with Gasteiger partial charge in [-0.3, -0.25) is 4.98 Å². The third-order valence-electron chi connectivity index (χ3n) is 2.60. The summed E-state index contributed by atoms with van der Waals surface area (Å²) in [6, 6.07) is 0. The molecule has 5 nitrogen and oxygen atoms in total. The Morgan fingerprint density at radius 3 is 2.56 bits per heavy atom. The smallest absolute Gasteiger partial charge is 0.410 e. The van der Waals surface area contributed by atoms with Gasteiger partial charge in [0.25, 0.3) is 0 Å². The maximum Gasteiger partial charge on any atom is 0.410 e. The minimum atomic E-state index is -0.564. The average Bonchev–Trinajstić information content (AvgIpc) is 2.15. The molecule has 1 aliphatic heterocycles. The molecule has 0 atom stereocenters. The number of rotatable bonds is 1. The summed E-state index contributed by atoms with van der Waals surface area (Å²) in [5.74, 6) is -0.655. The second-order valence-corrected chi connectivity index (χ2v) is 5.31. The minimum Gasteiger partial charge on any atom is -0.444 e. The van der Waals surface area contributed by atoms with Gasteiger partial charge >= 0.3 is 6.09 Å². The highest BCUT2D eigenvalue weighted by Crippen LogP contribution is 2.27. The van der Waals surface area contributed by atoms with E-state index in [0.29, 0.717) is 18.8 Å². The van der Waals surface area contributed by atoms with E-state index in [1.165, 1.54) is 17.3 Å². The first-order valence-corrected chi connectivity index (χ1v) is 5.81. The van der Waals surface area contributed by atoms with Crippen LogP contribution in [0.3, 0.4) is 0 Å². The van der Waals surface area contributed by atoms with E-state index in [1.807, 2.05) is 20.8 Å². The van der Waals surface area contributed by atoms with Crippen LogP contribution in [0.1, 0.15) is 32.4 Å². The lowest BCUT2D eigenvalue weighted by molar-refractivity contribution is 0.00748. The Balaban J connectivity index is 1.91. The first kappa shape index (κ1) is 12.7. The van der Waals surface area contributed by atoms with Gasteiger partial charge in [0.2, 0.25) is 5.95 Å². The standard InChI is InChI=1S/C12H16FN3O2/c1-12(2,3)18-11(17)16-6-8(7-16)9-10(13)15-5-4-14-9/h4-5,8H,6-7H2,1-3H3. The molecule has 0 aromatic carbocycles. The number of aromatic nitrogens is 2. The van der Waals surface area contributed by atoms with Crippen molar-refractivity contribution in [2.75, 3.05) is 13.1 Å². The zero-order chi connectivity index (χ0) is 13.3. The van der Waals surface area contributed by atoms with Crippen molar-refractivity contribution in [3.05, 3.63) is 24.0 Å². The summed E-state index contributed by atoms with van der Waals surface area (Å²) in [5, 5.41) is 0. The van der Waals surface area contributed by atoms with Crippen molar-refractivity contribution >= 4 is 6.09 Å². The van der Waals surface area contributed by atoms with E-state index >= 15 is 0 Å². The van der Waals surface area contributed by atoms with Gasteiger partial charge in [-0.05, 0) is 20.8 Å². The van der Waals surface area contributed by atoms with Crippen molar-refractivity contribution in [1.82, 2.24) is 14.9 Å². The highest BCUT2D eigenvalue weighted by Gasteiger charge is 2.36. The maximum atomic E-state index is 13.4. The fourth-order valence-electron chi connectivity index (χ4n) is 1.73. The van der Waals surface area contributed by atoms with E-state index < -0.39 is 11.5 Å². The van der Waals surface area contributed by atoms with Gasteiger partial charge in [-0.25, -0.2) is 9.78 Å². The molecule has 2 rings (SSSR count). The number of hydrogen-bond acceptors (Lipinski definition) is 4. The van der Waals surface area contributed by atoms with Crippen LogP contribution in [-0.2, 0) is 4.74 Å². The van der Waals surface area contributed by atoms with Gasteiger partial charge in [0, 0.05) is 31.4 Å². The normalized spacial score (nSPS) is 16.3. The SMILES string of the molecule is CC(C)(C)OC(=O)N1CC(c2nccnc2F)C1. The van der Waals surface area contributed by atoms with Crippen LogP contribution in [0.5, 0.6) is 0 Å². The number of likely N-dealkylation sites (tertiary alicyclic amines) is 1. The number of nitrogens with zero attached hydrogens (tertiary/aromatic N) is 3. The van der Waals surface area contributed by atoms with E-state index in [9.17, 15) is 9.18 Å². The predicted molar refractivity (Wildman–Crippen MR) is 62.5 cm³/mol. The van der Waals surface area contributed by atoms with Gasteiger partial charge < -0.3 is 9.64 Å². The lowest BCUT2D eigenvalue weighted by Crippen LogP contribution is -2.50. The molecule has 0 spiro atoms. The first-order valence-electron chi connectivity index (χ1n) is 5.81. The molecule has 0 radical (unpaired) electrons. The van der Waals surface area contributed by atoms with Crippen LogP contribution >= 0.6 is 0 Å². The van der Waals surface area contributed by atoms with Crippen molar-refractivity contribution in [2.24, 2.45) is 0 Å². The van der Waals surface area contributed by atoms with Gasteiger partial charge in [0.15, 0.2) is 0 Å². The monoisotopic (exact) mass is 253 g/mol. The zero-order valence-electron chi connectivity index (χ0n) is 10.7. The molecule has 2 heterocycles. The molecule has 0 unspecified atom stereocenters. The summed E-state index contributed by atoms with van der Waals surface area (Å²) in [7, 11) is 0. The third kappa shape index (κ3) is 2.75. The minimum absolute atomic E-state index is 0.0915. The topological polar surface area (TPSA) is 55.3 Å². The lowest BCUT2D eigenvalue weighted by Gasteiger charge is -2.39. The van der Waals surface area contributed by atoms with Crippen LogP contribution in [0.4, 0.5) is 9.18 Å². The maximum absolute atomic E-state index is 13.4. The lowest BCUT2D eigenvalue weighted by atomic mass is 9.97. The Kier molecular flexibility index (Phi) is 3.19. The molecule has 18 heavy (non-hydrogen) atoms. The molecule has 0 N–H and O–H groups in total. The zero-order valence-corrected chi connectivity index (χ0v) is 10.7. The Hall–Kier alpha value is -1.72. The summed E-state index contributed by atoms with van der Waals surface area (Å²) in [6.07, 6.45) is 2.39. The summed E-state index contributed by atoms with van der Waals surface area (Å²) >= 11 is 0. The second kappa shape index (κ2) is 4.51. The number of amides is 1. The van der Waals surface area contributed by atoms with Crippen LogP contribution in [0.2, 0.25) is 0 Å². The first-order chi connectivity index (χ1) is 8.37. The van der Waals surface area contributed by atoms with Gasteiger partial charge in [-0.1, -0.05) is 0 Å². The fraction of sp³-hybridized carbons (Fsp3) is 0.583. The van der Waals surface area contributed by atoms with Crippen LogP contribution in [0, 0.1) is 5.95 Å². The number of hydrogen-bond donors (Lipinski definition) is 0. The largest absolute Gasteiger partial charge is 0.444 e. The summed E-state index contributed by atoms with van der Waals surface area (Å²) in [6.45, 7) is 6.27. The Morgan fingerprint density at radius 2 is 2.00 bits per heavy atom. The van der Waals surface area contributed by atoms with Crippen molar-refractivity contribution in [3.8, 4) is 0 Å². The number of ether oxygens (including phenoxy) is 1. The van der Waals surface area contributed by atoms with Crippen molar-refractivity contribution in [3.63, 3.8) is 0 Å². The van der Waals surface area contributed by atoms with E-state index in [4.69, 9.17) is 4.74 Å². The van der Waals surface area contributed by atoms with Crippen LogP contribution in [0.15, 0.2) is 12.4 Å². The van der Waals surface area contributed by atoms with E-state index in [-0.39, 0.29) is 12.0 Å². The van der Waals surface area contributed by atoms with Gasteiger partial charge in [0.05, 0.1) is 0 Å². The molecule has 1 aliphatic rings. The molecule has 1 fully saturated rings. The fourth-order valence-corrected chi connectivity index (χ4v) is 1.73. The van der Waals surface area contributed by atoms with Crippen molar-refractivity contribution < 1.29 is 13.9 Å². The molecule has 6 heteroatoms. The summed E-state index contributed by atoms with van der Waals surface area (Å²) in [4.78, 5) is 20.7. The molecule has 98 valence electrons. The second-order valence-electron chi connectivity index (χ2n) is 5.31. The number of carbonyl (C=O) groups excluding carboxylic acids is 1.